The number of hydrogen-bond donors (Lipinski definition) is 1. The fourth-order valence-corrected chi connectivity index (χ4v) is 3.77. The van der Waals surface area contributed by atoms with E-state index in [1.165, 1.54) is 18.3 Å². The van der Waals surface area contributed by atoms with Crippen LogP contribution in [0.25, 0.3) is 11.2 Å². The number of pyridine rings is 1. The van der Waals surface area contributed by atoms with Gasteiger partial charge in [0.25, 0.3) is 5.91 Å². The minimum Gasteiger partial charge on any atom is -0.406 e. The summed E-state index contributed by atoms with van der Waals surface area (Å²) in [6, 6.07) is 6.27. The quantitative estimate of drug-likeness (QED) is 0.567. The predicted octanol–water partition coefficient (Wildman–Crippen LogP) is 4.90. The Labute approximate surface area is 177 Å². The molecule has 0 spiro atoms. The van der Waals surface area contributed by atoms with E-state index in [9.17, 15) is 31.1 Å². The van der Waals surface area contributed by atoms with Crippen LogP contribution in [0.1, 0.15) is 40.5 Å². The predicted molar refractivity (Wildman–Crippen MR) is 99.9 cm³/mol. The smallest absolute Gasteiger partial charge is 0.406 e. The minimum atomic E-state index is -4.82. The second-order valence-electron chi connectivity index (χ2n) is 7.32. The van der Waals surface area contributed by atoms with E-state index in [1.54, 1.807) is 11.0 Å². The molecule has 1 amide bonds. The van der Waals surface area contributed by atoms with E-state index in [2.05, 4.69) is 19.7 Å². The van der Waals surface area contributed by atoms with Crippen molar-refractivity contribution in [3.05, 3.63) is 53.5 Å². The first-order valence-electron chi connectivity index (χ1n) is 9.58. The van der Waals surface area contributed by atoms with Crippen LogP contribution in [0.2, 0.25) is 0 Å². The number of alkyl halides is 6. The molecule has 170 valence electrons. The molecule has 3 aromatic rings. The Bertz CT molecular complexity index is 1120. The van der Waals surface area contributed by atoms with E-state index in [1.807, 2.05) is 0 Å². The van der Waals surface area contributed by atoms with E-state index in [0.29, 0.717) is 31.5 Å². The number of nitrogens with zero attached hydrogens (tertiary/aromatic N) is 3. The van der Waals surface area contributed by atoms with Gasteiger partial charge in [-0.1, -0.05) is 0 Å². The van der Waals surface area contributed by atoms with Gasteiger partial charge in [-0.2, -0.15) is 13.2 Å². The second kappa shape index (κ2) is 7.99. The van der Waals surface area contributed by atoms with Crippen molar-refractivity contribution in [2.24, 2.45) is 0 Å². The van der Waals surface area contributed by atoms with Crippen molar-refractivity contribution < 1.29 is 35.9 Å². The first-order valence-corrected chi connectivity index (χ1v) is 9.58. The molecule has 4 rings (SSSR count). The van der Waals surface area contributed by atoms with Crippen LogP contribution in [-0.4, -0.2) is 45.2 Å². The molecule has 0 aliphatic carbocycles. The number of amides is 1. The summed E-state index contributed by atoms with van der Waals surface area (Å²) in [5.74, 6) is -2.00. The lowest BCUT2D eigenvalue weighted by Gasteiger charge is -2.32. The summed E-state index contributed by atoms with van der Waals surface area (Å²) in [6.07, 6.45) is -7.03. The molecule has 0 atom stereocenters. The van der Waals surface area contributed by atoms with Gasteiger partial charge in [-0.25, -0.2) is 9.97 Å². The molecular formula is C20H16F6N4O2. The van der Waals surface area contributed by atoms with Gasteiger partial charge in [-0.15, -0.1) is 13.2 Å². The first kappa shape index (κ1) is 21.9. The van der Waals surface area contributed by atoms with Crippen molar-refractivity contribution in [3.8, 4) is 5.75 Å². The number of likely N-dealkylation sites (tertiary alicyclic amines) is 1. The number of H-pyrrole nitrogens is 1. The van der Waals surface area contributed by atoms with E-state index >= 15 is 0 Å². The van der Waals surface area contributed by atoms with Crippen LogP contribution in [0.15, 0.2) is 36.5 Å². The number of rotatable bonds is 3. The number of hydrogen-bond acceptors (Lipinski definition) is 4. The monoisotopic (exact) mass is 458 g/mol. The second-order valence-corrected chi connectivity index (χ2v) is 7.32. The van der Waals surface area contributed by atoms with Crippen LogP contribution < -0.4 is 4.74 Å². The highest BCUT2D eigenvalue weighted by Crippen LogP contribution is 2.34. The molecule has 1 fully saturated rings. The number of aromatic nitrogens is 3. The lowest BCUT2D eigenvalue weighted by molar-refractivity contribution is -0.274. The Morgan fingerprint density at radius 1 is 1.03 bits per heavy atom. The number of halogens is 6. The fraction of sp³-hybridized carbons (Fsp3) is 0.350. The van der Waals surface area contributed by atoms with Crippen LogP contribution in [0.5, 0.6) is 5.75 Å². The van der Waals surface area contributed by atoms with Gasteiger partial charge in [0.05, 0.1) is 0 Å². The average molecular weight is 458 g/mol. The zero-order valence-corrected chi connectivity index (χ0v) is 16.3. The number of carbonyl (C=O) groups is 1. The maximum atomic E-state index is 13.0. The SMILES string of the molecule is O=C(c1ccc(OC(F)(F)F)cc1)N1CCC(c2ccnc3[nH]c(C(F)(F)F)nc23)CC1. The van der Waals surface area contributed by atoms with Crippen molar-refractivity contribution in [2.75, 3.05) is 13.1 Å². The third-order valence-corrected chi connectivity index (χ3v) is 5.24. The summed E-state index contributed by atoms with van der Waals surface area (Å²) >= 11 is 0. The van der Waals surface area contributed by atoms with Gasteiger partial charge >= 0.3 is 12.5 Å². The van der Waals surface area contributed by atoms with Gasteiger partial charge in [0.1, 0.15) is 11.3 Å². The average Bonchev–Trinajstić information content (AvgIpc) is 3.18. The zero-order valence-electron chi connectivity index (χ0n) is 16.3. The molecule has 0 saturated carbocycles. The van der Waals surface area contributed by atoms with Gasteiger partial charge < -0.3 is 14.6 Å². The largest absolute Gasteiger partial charge is 0.573 e. The molecule has 32 heavy (non-hydrogen) atoms. The fourth-order valence-electron chi connectivity index (χ4n) is 3.77. The number of carbonyl (C=O) groups excluding carboxylic acids is 1. The maximum absolute atomic E-state index is 13.0. The number of fused-ring (bicyclic) bond motifs is 1. The molecule has 2 aromatic heterocycles. The Hall–Kier alpha value is -3.31. The van der Waals surface area contributed by atoms with Gasteiger partial charge in [-0.05, 0) is 54.7 Å². The third kappa shape index (κ3) is 4.63. The van der Waals surface area contributed by atoms with Crippen molar-refractivity contribution in [2.45, 2.75) is 31.3 Å². The van der Waals surface area contributed by atoms with Gasteiger partial charge in [0, 0.05) is 24.8 Å². The highest BCUT2D eigenvalue weighted by molar-refractivity contribution is 5.94. The van der Waals surface area contributed by atoms with Gasteiger partial charge in [0.15, 0.2) is 5.65 Å². The molecule has 1 aliphatic rings. The molecule has 0 bridgehead atoms. The lowest BCUT2D eigenvalue weighted by Crippen LogP contribution is -2.38. The number of benzene rings is 1. The number of nitrogens with one attached hydrogen (secondary N) is 1. The van der Waals surface area contributed by atoms with Crippen LogP contribution in [0.4, 0.5) is 26.3 Å². The highest BCUT2D eigenvalue weighted by Gasteiger charge is 2.36. The lowest BCUT2D eigenvalue weighted by atomic mass is 9.89. The van der Waals surface area contributed by atoms with E-state index in [0.717, 1.165) is 12.1 Å². The topological polar surface area (TPSA) is 71.1 Å². The number of imidazole rings is 1. The Morgan fingerprint density at radius 2 is 1.69 bits per heavy atom. The molecule has 6 nitrogen and oxygen atoms in total. The third-order valence-electron chi connectivity index (χ3n) is 5.24. The van der Waals surface area contributed by atoms with Crippen molar-refractivity contribution >= 4 is 17.1 Å². The van der Waals surface area contributed by atoms with E-state index in [4.69, 9.17) is 0 Å². The van der Waals surface area contributed by atoms with Gasteiger partial charge in [0.2, 0.25) is 5.82 Å². The van der Waals surface area contributed by atoms with Crippen molar-refractivity contribution in [1.29, 1.82) is 0 Å². The van der Waals surface area contributed by atoms with Crippen molar-refractivity contribution in [3.63, 3.8) is 0 Å². The minimum absolute atomic E-state index is 0.0505. The Morgan fingerprint density at radius 3 is 2.28 bits per heavy atom. The van der Waals surface area contributed by atoms with Gasteiger partial charge in [-0.3, -0.25) is 4.79 Å². The molecule has 1 aromatic carbocycles. The Balaban J connectivity index is 1.44. The molecule has 0 unspecified atom stereocenters. The van der Waals surface area contributed by atoms with E-state index < -0.39 is 24.1 Å². The molecule has 1 N–H and O–H groups in total. The highest BCUT2D eigenvalue weighted by atomic mass is 19.4. The molecule has 12 heteroatoms. The standard InChI is InChI=1S/C20H16F6N4O2/c21-19(22,23)18-28-15-14(5-8-27-16(15)29-18)11-6-9-30(10-7-11)17(31)12-1-3-13(4-2-12)32-20(24,25)26/h1-5,8,11H,6-7,9-10H2,(H,27,28,29). The zero-order chi connectivity index (χ0) is 23.1. The first-order chi connectivity index (χ1) is 15.0. The summed E-state index contributed by atoms with van der Waals surface area (Å²) in [5, 5.41) is 0. The van der Waals surface area contributed by atoms with Crippen LogP contribution in [0, 0.1) is 0 Å². The van der Waals surface area contributed by atoms with Crippen molar-refractivity contribution in [1.82, 2.24) is 19.9 Å². The molecule has 0 radical (unpaired) electrons. The summed E-state index contributed by atoms with van der Waals surface area (Å²) in [7, 11) is 0. The summed E-state index contributed by atoms with van der Waals surface area (Å²) in [4.78, 5) is 24.0. The van der Waals surface area contributed by atoms with Crippen LogP contribution in [-0.2, 0) is 6.18 Å². The summed E-state index contributed by atoms with van der Waals surface area (Å²) in [6.45, 7) is 0.676. The molecular weight excluding hydrogens is 442 g/mol. The summed E-state index contributed by atoms with van der Waals surface area (Å²) < 4.78 is 79.5. The maximum Gasteiger partial charge on any atom is 0.573 e. The normalized spacial score (nSPS) is 15.9. The molecule has 1 aliphatic heterocycles. The number of piperidine rings is 1. The molecule has 3 heterocycles. The molecule has 1 saturated heterocycles. The Kier molecular flexibility index (Phi) is 5.47. The number of aromatic amines is 1. The van der Waals surface area contributed by atoms with Crippen LogP contribution in [0.3, 0.4) is 0 Å². The van der Waals surface area contributed by atoms with Crippen LogP contribution >= 0.6 is 0 Å². The van der Waals surface area contributed by atoms with E-state index in [-0.39, 0.29) is 28.6 Å². The number of ether oxygens (including phenoxy) is 1. The summed E-state index contributed by atoms with van der Waals surface area (Å²) in [5.41, 5.74) is 1.05.